The normalized spacial score (nSPS) is 18.6. The first-order valence-electron chi connectivity index (χ1n) is 6.90. The standard InChI is InChI=1S/C15H22OS/c16-15(9-8-13-10-11-17-12-13)14-6-4-2-1-3-5-7-14/h10-12,14H,1-9H2. The molecule has 1 aliphatic carbocycles. The summed E-state index contributed by atoms with van der Waals surface area (Å²) in [4.78, 5) is 12.2. The molecule has 1 aromatic rings. The molecule has 0 spiro atoms. The van der Waals surface area contributed by atoms with E-state index < -0.39 is 0 Å². The zero-order valence-electron chi connectivity index (χ0n) is 10.5. The molecule has 2 heteroatoms. The van der Waals surface area contributed by atoms with Gasteiger partial charge in [0.05, 0.1) is 0 Å². The third kappa shape index (κ3) is 4.27. The van der Waals surface area contributed by atoms with Gasteiger partial charge in [-0.15, -0.1) is 0 Å². The van der Waals surface area contributed by atoms with E-state index in [1.54, 1.807) is 11.3 Å². The van der Waals surface area contributed by atoms with Gasteiger partial charge >= 0.3 is 0 Å². The Morgan fingerprint density at radius 3 is 2.53 bits per heavy atom. The van der Waals surface area contributed by atoms with E-state index in [1.165, 1.54) is 37.7 Å². The van der Waals surface area contributed by atoms with Crippen LogP contribution in [0, 0.1) is 5.92 Å². The zero-order valence-corrected chi connectivity index (χ0v) is 11.3. The molecule has 0 bridgehead atoms. The Balaban J connectivity index is 1.77. The Morgan fingerprint density at radius 2 is 1.88 bits per heavy atom. The minimum Gasteiger partial charge on any atom is -0.299 e. The molecule has 17 heavy (non-hydrogen) atoms. The maximum atomic E-state index is 12.2. The molecule has 1 nitrogen and oxygen atoms in total. The van der Waals surface area contributed by atoms with Crippen molar-refractivity contribution in [1.82, 2.24) is 0 Å². The van der Waals surface area contributed by atoms with Crippen LogP contribution in [0.3, 0.4) is 0 Å². The third-order valence-corrected chi connectivity index (χ3v) is 4.53. The first-order valence-corrected chi connectivity index (χ1v) is 7.84. The van der Waals surface area contributed by atoms with Crippen molar-refractivity contribution in [3.8, 4) is 0 Å². The number of hydrogen-bond acceptors (Lipinski definition) is 2. The molecule has 0 radical (unpaired) electrons. The highest BCUT2D eigenvalue weighted by Gasteiger charge is 2.18. The molecule has 0 aliphatic heterocycles. The quantitative estimate of drug-likeness (QED) is 0.762. The Bertz CT molecular complexity index is 321. The van der Waals surface area contributed by atoms with Gasteiger partial charge in [0.2, 0.25) is 0 Å². The predicted molar refractivity (Wildman–Crippen MR) is 73.5 cm³/mol. The lowest BCUT2D eigenvalue weighted by molar-refractivity contribution is -0.123. The zero-order chi connectivity index (χ0) is 11.9. The summed E-state index contributed by atoms with van der Waals surface area (Å²) in [5.41, 5.74) is 1.33. The topological polar surface area (TPSA) is 17.1 Å². The van der Waals surface area contributed by atoms with Crippen molar-refractivity contribution in [3.63, 3.8) is 0 Å². The van der Waals surface area contributed by atoms with Gasteiger partial charge in [-0.05, 0) is 41.7 Å². The second kappa shape index (κ2) is 6.95. The number of Topliss-reactive ketones (excluding diaryl/α,β-unsaturated/α-hetero) is 1. The van der Waals surface area contributed by atoms with Gasteiger partial charge in [0.1, 0.15) is 5.78 Å². The lowest BCUT2D eigenvalue weighted by Gasteiger charge is -2.18. The lowest BCUT2D eigenvalue weighted by Crippen LogP contribution is -2.16. The van der Waals surface area contributed by atoms with Crippen LogP contribution in [0.4, 0.5) is 0 Å². The average molecular weight is 250 g/mol. The van der Waals surface area contributed by atoms with Crippen molar-refractivity contribution in [1.29, 1.82) is 0 Å². The molecule has 0 saturated heterocycles. The number of thiophene rings is 1. The summed E-state index contributed by atoms with van der Waals surface area (Å²) in [5, 5.41) is 4.25. The SMILES string of the molecule is O=C(CCc1ccsc1)C1CCCCCCC1. The van der Waals surface area contributed by atoms with E-state index in [9.17, 15) is 4.79 Å². The smallest absolute Gasteiger partial charge is 0.136 e. The minimum absolute atomic E-state index is 0.369. The van der Waals surface area contributed by atoms with E-state index in [0.29, 0.717) is 11.7 Å². The monoisotopic (exact) mass is 250 g/mol. The summed E-state index contributed by atoms with van der Waals surface area (Å²) in [6, 6.07) is 2.13. The van der Waals surface area contributed by atoms with Crippen LogP contribution in [-0.2, 0) is 11.2 Å². The molecular formula is C15H22OS. The molecule has 0 amide bonds. The molecule has 1 aliphatic rings. The molecule has 0 unspecified atom stereocenters. The average Bonchev–Trinajstić information content (AvgIpc) is 2.78. The first-order chi connectivity index (χ1) is 8.36. The third-order valence-electron chi connectivity index (χ3n) is 3.80. The van der Waals surface area contributed by atoms with Crippen molar-refractivity contribution < 1.29 is 4.79 Å². The summed E-state index contributed by atoms with van der Waals surface area (Å²) in [6.45, 7) is 0. The van der Waals surface area contributed by atoms with Crippen molar-refractivity contribution in [2.45, 2.75) is 57.8 Å². The minimum atomic E-state index is 0.369. The number of carbonyl (C=O) groups is 1. The second-order valence-corrected chi connectivity index (χ2v) is 5.92. The Kier molecular flexibility index (Phi) is 5.24. The van der Waals surface area contributed by atoms with E-state index in [-0.39, 0.29) is 0 Å². The van der Waals surface area contributed by atoms with Gasteiger partial charge in [0.15, 0.2) is 0 Å². The number of aryl methyl sites for hydroxylation is 1. The van der Waals surface area contributed by atoms with Crippen LogP contribution in [0.25, 0.3) is 0 Å². The Morgan fingerprint density at radius 1 is 1.18 bits per heavy atom. The Labute approximate surface area is 108 Å². The van der Waals surface area contributed by atoms with Crippen LogP contribution < -0.4 is 0 Å². The lowest BCUT2D eigenvalue weighted by atomic mass is 9.86. The predicted octanol–water partition coefficient (Wildman–Crippen LogP) is 4.61. The van der Waals surface area contributed by atoms with E-state index in [0.717, 1.165) is 25.7 Å². The van der Waals surface area contributed by atoms with Gasteiger partial charge in [-0.2, -0.15) is 11.3 Å². The molecule has 1 aromatic heterocycles. The molecule has 1 fully saturated rings. The van der Waals surface area contributed by atoms with Crippen molar-refractivity contribution in [2.75, 3.05) is 0 Å². The van der Waals surface area contributed by atoms with Crippen molar-refractivity contribution in [2.24, 2.45) is 5.92 Å². The van der Waals surface area contributed by atoms with Crippen molar-refractivity contribution in [3.05, 3.63) is 22.4 Å². The summed E-state index contributed by atoms with van der Waals surface area (Å²) in [6.07, 6.45) is 10.5. The number of hydrogen-bond donors (Lipinski definition) is 0. The molecule has 0 N–H and O–H groups in total. The van der Waals surface area contributed by atoms with Crippen LogP contribution >= 0.6 is 11.3 Å². The van der Waals surface area contributed by atoms with Gasteiger partial charge < -0.3 is 0 Å². The van der Waals surface area contributed by atoms with Crippen molar-refractivity contribution >= 4 is 17.1 Å². The summed E-state index contributed by atoms with van der Waals surface area (Å²) in [5.74, 6) is 0.882. The highest BCUT2D eigenvalue weighted by molar-refractivity contribution is 7.07. The van der Waals surface area contributed by atoms with Crippen LogP contribution in [0.2, 0.25) is 0 Å². The maximum absolute atomic E-state index is 12.2. The molecule has 1 saturated carbocycles. The maximum Gasteiger partial charge on any atom is 0.136 e. The highest BCUT2D eigenvalue weighted by atomic mass is 32.1. The molecular weight excluding hydrogens is 228 g/mol. The summed E-state index contributed by atoms with van der Waals surface area (Å²) >= 11 is 1.72. The summed E-state index contributed by atoms with van der Waals surface area (Å²) in [7, 11) is 0. The Hall–Kier alpha value is -0.630. The number of rotatable bonds is 4. The van der Waals surface area contributed by atoms with Crippen LogP contribution in [0.5, 0.6) is 0 Å². The molecule has 0 aromatic carbocycles. The van der Waals surface area contributed by atoms with Crippen LogP contribution in [0.15, 0.2) is 16.8 Å². The van der Waals surface area contributed by atoms with E-state index >= 15 is 0 Å². The van der Waals surface area contributed by atoms with Gasteiger partial charge in [-0.1, -0.05) is 32.1 Å². The second-order valence-electron chi connectivity index (χ2n) is 5.14. The van der Waals surface area contributed by atoms with Crippen LogP contribution in [-0.4, -0.2) is 5.78 Å². The van der Waals surface area contributed by atoms with Gasteiger partial charge in [0, 0.05) is 12.3 Å². The largest absolute Gasteiger partial charge is 0.299 e. The van der Waals surface area contributed by atoms with Gasteiger partial charge in [-0.25, -0.2) is 0 Å². The number of carbonyl (C=O) groups excluding carboxylic acids is 1. The van der Waals surface area contributed by atoms with E-state index in [1.807, 2.05) is 0 Å². The fourth-order valence-corrected chi connectivity index (χ4v) is 3.39. The summed E-state index contributed by atoms with van der Waals surface area (Å²) < 4.78 is 0. The fourth-order valence-electron chi connectivity index (χ4n) is 2.68. The molecule has 1 heterocycles. The van der Waals surface area contributed by atoms with E-state index in [4.69, 9.17) is 0 Å². The fraction of sp³-hybridized carbons (Fsp3) is 0.667. The number of ketones is 1. The van der Waals surface area contributed by atoms with Gasteiger partial charge in [-0.3, -0.25) is 4.79 Å². The first kappa shape index (κ1) is 12.8. The van der Waals surface area contributed by atoms with Crippen LogP contribution in [0.1, 0.15) is 56.9 Å². The molecule has 2 rings (SSSR count). The molecule has 94 valence electrons. The van der Waals surface area contributed by atoms with E-state index in [2.05, 4.69) is 16.8 Å². The molecule has 0 atom stereocenters. The highest BCUT2D eigenvalue weighted by Crippen LogP contribution is 2.24. The van der Waals surface area contributed by atoms with Gasteiger partial charge in [0.25, 0.3) is 0 Å².